The summed E-state index contributed by atoms with van der Waals surface area (Å²) < 4.78 is 16.0. The molecule has 0 amide bonds. The van der Waals surface area contributed by atoms with Crippen molar-refractivity contribution in [2.75, 3.05) is 44.3 Å². The van der Waals surface area contributed by atoms with E-state index in [0.29, 0.717) is 18.2 Å². The van der Waals surface area contributed by atoms with Gasteiger partial charge in [0.2, 0.25) is 0 Å². The Kier molecular flexibility index (Phi) is 5.99. The first-order valence-electron chi connectivity index (χ1n) is 11.0. The van der Waals surface area contributed by atoms with Crippen molar-refractivity contribution >= 4 is 33.1 Å². The molecule has 2 aromatic heterocycles. The second-order valence-corrected chi connectivity index (χ2v) is 9.48. The third-order valence-corrected chi connectivity index (χ3v) is 7.00. The number of aromatic nitrogens is 2. The highest BCUT2D eigenvalue weighted by Gasteiger charge is 2.20. The lowest BCUT2D eigenvalue weighted by molar-refractivity contribution is 0.132. The zero-order chi connectivity index (χ0) is 22.1. The SMILES string of the molecule is CCN1CCN(Cc2ccc(N3C=C(F)C(c4ccc5nc(C)sc5c4)=NC3)nc2)CC1. The number of anilines is 1. The van der Waals surface area contributed by atoms with Crippen molar-refractivity contribution in [3.63, 3.8) is 0 Å². The Labute approximate surface area is 191 Å². The monoisotopic (exact) mass is 450 g/mol. The van der Waals surface area contributed by atoms with Gasteiger partial charge in [-0.25, -0.2) is 14.4 Å². The molecule has 32 heavy (non-hydrogen) atoms. The number of nitrogens with zero attached hydrogens (tertiary/aromatic N) is 6. The van der Waals surface area contributed by atoms with Crippen LogP contribution in [0.15, 0.2) is 53.5 Å². The number of piperazine rings is 1. The molecule has 5 rings (SSSR count). The van der Waals surface area contributed by atoms with Gasteiger partial charge in [-0.2, -0.15) is 0 Å². The number of halogens is 1. The highest BCUT2D eigenvalue weighted by atomic mass is 32.1. The molecule has 3 aromatic rings. The number of likely N-dealkylation sites (N-methyl/N-ethyl adjacent to an activating group) is 1. The van der Waals surface area contributed by atoms with Gasteiger partial charge in [0, 0.05) is 50.7 Å². The Bertz CT molecular complexity index is 1160. The molecule has 0 radical (unpaired) electrons. The van der Waals surface area contributed by atoms with Crippen molar-refractivity contribution in [1.82, 2.24) is 19.8 Å². The zero-order valence-electron chi connectivity index (χ0n) is 18.5. The zero-order valence-corrected chi connectivity index (χ0v) is 19.3. The van der Waals surface area contributed by atoms with Crippen molar-refractivity contribution in [2.45, 2.75) is 20.4 Å². The summed E-state index contributed by atoms with van der Waals surface area (Å²) >= 11 is 1.61. The molecule has 0 saturated carbocycles. The lowest BCUT2D eigenvalue weighted by Gasteiger charge is -2.34. The third-order valence-electron chi connectivity index (χ3n) is 6.07. The topological polar surface area (TPSA) is 47.9 Å². The van der Waals surface area contributed by atoms with Crippen LogP contribution < -0.4 is 4.90 Å². The minimum absolute atomic E-state index is 0.341. The van der Waals surface area contributed by atoms with Crippen molar-refractivity contribution in [2.24, 2.45) is 4.99 Å². The quantitative estimate of drug-likeness (QED) is 0.583. The second-order valence-electron chi connectivity index (χ2n) is 8.25. The summed E-state index contributed by atoms with van der Waals surface area (Å²) in [5.41, 5.74) is 3.28. The number of hydrogen-bond donors (Lipinski definition) is 0. The fraction of sp³-hybridized carbons (Fsp3) is 0.375. The molecule has 0 atom stereocenters. The van der Waals surface area contributed by atoms with Crippen LogP contribution in [0.5, 0.6) is 0 Å². The summed E-state index contributed by atoms with van der Waals surface area (Å²) in [6.07, 6.45) is 3.39. The predicted molar refractivity (Wildman–Crippen MR) is 129 cm³/mol. The molecule has 0 unspecified atom stereocenters. The van der Waals surface area contributed by atoms with E-state index < -0.39 is 0 Å². The molecule has 1 aromatic carbocycles. The molecule has 1 fully saturated rings. The van der Waals surface area contributed by atoms with Crippen molar-refractivity contribution in [3.8, 4) is 0 Å². The first kappa shape index (κ1) is 21.2. The molecule has 4 heterocycles. The number of rotatable bonds is 5. The Morgan fingerprint density at radius 3 is 2.59 bits per heavy atom. The molecule has 2 aliphatic heterocycles. The van der Waals surface area contributed by atoms with Gasteiger partial charge in [-0.1, -0.05) is 19.1 Å². The maximum absolute atomic E-state index is 15.0. The van der Waals surface area contributed by atoms with Gasteiger partial charge in [-0.15, -0.1) is 11.3 Å². The van der Waals surface area contributed by atoms with Crippen LogP contribution in [-0.2, 0) is 6.54 Å². The minimum Gasteiger partial charge on any atom is -0.310 e. The Morgan fingerprint density at radius 1 is 1.06 bits per heavy atom. The fourth-order valence-electron chi connectivity index (χ4n) is 4.22. The molecule has 0 N–H and O–H groups in total. The van der Waals surface area contributed by atoms with Crippen LogP contribution in [0.2, 0.25) is 0 Å². The first-order valence-corrected chi connectivity index (χ1v) is 11.9. The average molecular weight is 451 g/mol. The molecular formula is C24H27FN6S. The Hall–Kier alpha value is -2.68. The van der Waals surface area contributed by atoms with Gasteiger partial charge in [-0.3, -0.25) is 9.89 Å². The van der Waals surface area contributed by atoms with Crippen LogP contribution in [0.25, 0.3) is 10.2 Å². The Morgan fingerprint density at radius 2 is 1.88 bits per heavy atom. The molecule has 0 spiro atoms. The molecule has 8 heteroatoms. The Balaban J connectivity index is 1.25. The maximum atomic E-state index is 15.0. The van der Waals surface area contributed by atoms with Gasteiger partial charge in [0.15, 0.2) is 5.83 Å². The van der Waals surface area contributed by atoms with Crippen LogP contribution in [0, 0.1) is 6.92 Å². The number of benzene rings is 1. The number of fused-ring (bicyclic) bond motifs is 1. The van der Waals surface area contributed by atoms with E-state index in [-0.39, 0.29) is 5.83 Å². The molecule has 2 aliphatic rings. The maximum Gasteiger partial charge on any atom is 0.165 e. The van der Waals surface area contributed by atoms with Gasteiger partial charge >= 0.3 is 0 Å². The van der Waals surface area contributed by atoms with E-state index >= 15 is 0 Å². The van der Waals surface area contributed by atoms with Gasteiger partial charge in [0.25, 0.3) is 0 Å². The standard InChI is InChI=1S/C24H27FN6S/c1-3-29-8-10-30(11-9-29)14-18-4-7-23(26-13-18)31-15-20(25)24(27-16-31)19-5-6-21-22(12-19)32-17(2)28-21/h4-7,12-13,15H,3,8-11,14,16H2,1-2H3. The van der Waals surface area contributed by atoms with Crippen LogP contribution in [0.3, 0.4) is 0 Å². The molecule has 0 aliphatic carbocycles. The minimum atomic E-state index is -0.350. The van der Waals surface area contributed by atoms with E-state index in [2.05, 4.69) is 37.8 Å². The van der Waals surface area contributed by atoms with Crippen LogP contribution >= 0.6 is 11.3 Å². The lowest BCUT2D eigenvalue weighted by atomic mass is 10.1. The van der Waals surface area contributed by atoms with Crippen LogP contribution in [-0.4, -0.2) is 64.9 Å². The van der Waals surface area contributed by atoms with E-state index in [9.17, 15) is 4.39 Å². The number of hydrogen-bond acceptors (Lipinski definition) is 7. The number of aryl methyl sites for hydroxylation is 1. The van der Waals surface area contributed by atoms with Gasteiger partial charge in [0.1, 0.15) is 18.2 Å². The molecule has 166 valence electrons. The molecule has 6 nitrogen and oxygen atoms in total. The van der Waals surface area contributed by atoms with Gasteiger partial charge in [-0.05, 0) is 37.2 Å². The van der Waals surface area contributed by atoms with E-state index in [1.165, 1.54) is 11.8 Å². The summed E-state index contributed by atoms with van der Waals surface area (Å²) in [5, 5.41) is 1.00. The van der Waals surface area contributed by atoms with E-state index in [1.54, 1.807) is 16.2 Å². The van der Waals surface area contributed by atoms with Gasteiger partial charge < -0.3 is 9.80 Å². The first-order chi connectivity index (χ1) is 15.6. The highest BCUT2D eigenvalue weighted by Crippen LogP contribution is 2.26. The highest BCUT2D eigenvalue weighted by molar-refractivity contribution is 7.18. The number of aliphatic imine (C=N–C) groups is 1. The van der Waals surface area contributed by atoms with E-state index in [0.717, 1.165) is 60.1 Å². The molecular weight excluding hydrogens is 423 g/mol. The molecule has 1 saturated heterocycles. The summed E-state index contributed by atoms with van der Waals surface area (Å²) in [5.74, 6) is 0.354. The predicted octanol–water partition coefficient (Wildman–Crippen LogP) is 4.21. The van der Waals surface area contributed by atoms with Crippen molar-refractivity contribution < 1.29 is 4.39 Å². The molecule has 0 bridgehead atoms. The number of pyridine rings is 1. The van der Waals surface area contributed by atoms with Crippen molar-refractivity contribution in [1.29, 1.82) is 0 Å². The van der Waals surface area contributed by atoms with Gasteiger partial charge in [0.05, 0.1) is 15.2 Å². The normalized spacial score (nSPS) is 18.2. The second kappa shape index (κ2) is 9.05. The summed E-state index contributed by atoms with van der Waals surface area (Å²) in [6, 6.07) is 9.82. The smallest absolute Gasteiger partial charge is 0.165 e. The number of thiazole rings is 1. The summed E-state index contributed by atoms with van der Waals surface area (Å²) in [7, 11) is 0. The lowest BCUT2D eigenvalue weighted by Crippen LogP contribution is -2.45. The summed E-state index contributed by atoms with van der Waals surface area (Å²) in [6.45, 7) is 11.0. The largest absolute Gasteiger partial charge is 0.310 e. The number of allylic oxidation sites excluding steroid dienone is 1. The van der Waals surface area contributed by atoms with E-state index in [4.69, 9.17) is 0 Å². The third kappa shape index (κ3) is 4.44. The average Bonchev–Trinajstić information content (AvgIpc) is 3.19. The van der Waals surface area contributed by atoms with Crippen molar-refractivity contribution in [3.05, 3.63) is 64.7 Å². The van der Waals surface area contributed by atoms with E-state index in [1.807, 2.05) is 37.4 Å². The van der Waals surface area contributed by atoms with Crippen LogP contribution in [0.4, 0.5) is 10.2 Å². The fourth-order valence-corrected chi connectivity index (χ4v) is 5.08. The summed E-state index contributed by atoms with van der Waals surface area (Å²) in [4.78, 5) is 20.2. The van der Waals surface area contributed by atoms with Crippen LogP contribution in [0.1, 0.15) is 23.1 Å².